The third-order valence-electron chi connectivity index (χ3n) is 4.62. The van der Waals surface area contributed by atoms with E-state index in [-0.39, 0.29) is 0 Å². The Morgan fingerprint density at radius 3 is 2.03 bits per heavy atom. The van der Waals surface area contributed by atoms with Crippen molar-refractivity contribution in [3.8, 4) is 0 Å². The number of para-hydroxylation sites is 1. The van der Waals surface area contributed by atoms with Crippen molar-refractivity contribution in [2.45, 2.75) is 67.7 Å². The molecular formula is C30H43N. The molecule has 0 aliphatic carbocycles. The number of benzene rings is 2. The highest BCUT2D eigenvalue weighted by Crippen LogP contribution is 2.18. The Kier molecular flexibility index (Phi) is 14.7. The van der Waals surface area contributed by atoms with Crippen LogP contribution in [0.4, 0.5) is 0 Å². The summed E-state index contributed by atoms with van der Waals surface area (Å²) in [6.07, 6.45) is 3.54. The van der Waals surface area contributed by atoms with Gasteiger partial charge in [0.2, 0.25) is 0 Å². The van der Waals surface area contributed by atoms with Gasteiger partial charge in [0.1, 0.15) is 0 Å². The van der Waals surface area contributed by atoms with Crippen LogP contribution in [0.1, 0.15) is 62.9 Å². The maximum atomic E-state index is 4.57. The van der Waals surface area contributed by atoms with Gasteiger partial charge < -0.3 is 0 Å². The Hall–Kier alpha value is -2.67. The molecule has 3 aromatic rings. The Morgan fingerprint density at radius 1 is 0.903 bits per heavy atom. The summed E-state index contributed by atoms with van der Waals surface area (Å²) in [7, 11) is 0. The molecule has 1 heteroatoms. The van der Waals surface area contributed by atoms with Gasteiger partial charge in [0, 0.05) is 11.1 Å². The van der Waals surface area contributed by atoms with Gasteiger partial charge in [0.05, 0.1) is 5.52 Å². The first-order valence-corrected chi connectivity index (χ1v) is 11.3. The number of pyridine rings is 1. The van der Waals surface area contributed by atoms with Gasteiger partial charge in [-0.25, -0.2) is 0 Å². The van der Waals surface area contributed by atoms with Crippen LogP contribution >= 0.6 is 0 Å². The van der Waals surface area contributed by atoms with Crippen molar-refractivity contribution < 1.29 is 0 Å². The van der Waals surface area contributed by atoms with E-state index in [2.05, 4.69) is 128 Å². The number of aromatic nitrogens is 1. The predicted molar refractivity (Wildman–Crippen MR) is 142 cm³/mol. The third-order valence-corrected chi connectivity index (χ3v) is 4.62. The molecule has 2 aromatic carbocycles. The zero-order chi connectivity index (χ0) is 23.8. The number of hydrogen-bond acceptors (Lipinski definition) is 1. The lowest BCUT2D eigenvalue weighted by Gasteiger charge is -2.10. The van der Waals surface area contributed by atoms with Crippen molar-refractivity contribution in [1.82, 2.24) is 4.98 Å². The minimum atomic E-state index is 0.708. The van der Waals surface area contributed by atoms with Crippen molar-refractivity contribution >= 4 is 10.9 Å². The topological polar surface area (TPSA) is 12.9 Å². The summed E-state index contributed by atoms with van der Waals surface area (Å²) in [6.45, 7) is 24.8. The Morgan fingerprint density at radius 2 is 1.48 bits per heavy atom. The number of nitrogens with zero attached hydrogens (tertiary/aromatic N) is 1. The van der Waals surface area contributed by atoms with Crippen molar-refractivity contribution in [3.63, 3.8) is 0 Å². The molecule has 3 rings (SSSR count). The van der Waals surface area contributed by atoms with E-state index in [1.807, 2.05) is 0 Å². The van der Waals surface area contributed by atoms with Gasteiger partial charge in [-0.05, 0) is 69.2 Å². The second-order valence-corrected chi connectivity index (χ2v) is 8.20. The highest BCUT2D eigenvalue weighted by molar-refractivity contribution is 5.82. The fourth-order valence-corrected chi connectivity index (χ4v) is 3.23. The first-order chi connectivity index (χ1) is 14.8. The van der Waals surface area contributed by atoms with E-state index < -0.39 is 0 Å². The highest BCUT2D eigenvalue weighted by atomic mass is 14.7. The van der Waals surface area contributed by atoms with Gasteiger partial charge in [-0.2, -0.15) is 0 Å². The van der Waals surface area contributed by atoms with Crippen LogP contribution < -0.4 is 0 Å². The van der Waals surface area contributed by atoms with Crippen molar-refractivity contribution in [2.24, 2.45) is 5.92 Å². The Labute approximate surface area is 192 Å². The van der Waals surface area contributed by atoms with E-state index in [0.717, 1.165) is 24.1 Å². The van der Waals surface area contributed by atoms with Crippen LogP contribution in [0.25, 0.3) is 10.9 Å². The van der Waals surface area contributed by atoms with Gasteiger partial charge >= 0.3 is 0 Å². The number of hydrogen-bond donors (Lipinski definition) is 0. The van der Waals surface area contributed by atoms with Gasteiger partial charge in [-0.1, -0.05) is 81.3 Å². The molecule has 0 N–H and O–H groups in total. The fourth-order valence-electron chi connectivity index (χ4n) is 3.23. The number of allylic oxidation sites excluding steroid dienone is 1. The third kappa shape index (κ3) is 11.3. The smallest absolute Gasteiger partial charge is 0.0734 e. The molecule has 0 saturated carbocycles. The fraction of sp³-hybridized carbons (Fsp3) is 0.367. The SMILES string of the molecule is C=C.C=C(C)CC(C)Cc1ccccc1.CCC.Cc1cc2cccc(C)c2nc1C. The Balaban J connectivity index is 0.000000482. The van der Waals surface area contributed by atoms with E-state index >= 15 is 0 Å². The molecule has 1 aromatic heterocycles. The van der Waals surface area contributed by atoms with Crippen LogP contribution in [0.5, 0.6) is 0 Å². The molecule has 0 spiro atoms. The molecule has 0 amide bonds. The maximum Gasteiger partial charge on any atom is 0.0734 e. The summed E-state index contributed by atoms with van der Waals surface area (Å²) in [5.41, 5.74) is 7.48. The summed E-state index contributed by atoms with van der Waals surface area (Å²) in [6, 6.07) is 19.1. The zero-order valence-electron chi connectivity index (χ0n) is 21.0. The van der Waals surface area contributed by atoms with Crippen molar-refractivity contribution in [1.29, 1.82) is 0 Å². The normalized spacial score (nSPS) is 10.4. The minimum absolute atomic E-state index is 0.708. The highest BCUT2D eigenvalue weighted by Gasteiger charge is 2.03. The summed E-state index contributed by atoms with van der Waals surface area (Å²) < 4.78 is 0. The molecule has 0 radical (unpaired) electrons. The van der Waals surface area contributed by atoms with Crippen LogP contribution in [0.3, 0.4) is 0 Å². The van der Waals surface area contributed by atoms with Crippen molar-refractivity contribution in [2.75, 3.05) is 0 Å². The summed E-state index contributed by atoms with van der Waals surface area (Å²) in [5, 5.41) is 1.24. The van der Waals surface area contributed by atoms with E-state index in [1.165, 1.54) is 34.1 Å². The first-order valence-electron chi connectivity index (χ1n) is 11.3. The minimum Gasteiger partial charge on any atom is -0.253 e. The van der Waals surface area contributed by atoms with Crippen LogP contribution in [0, 0.1) is 26.7 Å². The molecule has 0 aliphatic heterocycles. The lowest BCUT2D eigenvalue weighted by molar-refractivity contribution is 0.575. The molecule has 1 nitrogen and oxygen atoms in total. The molecule has 0 aliphatic rings. The molecule has 1 heterocycles. The van der Waals surface area contributed by atoms with Crippen molar-refractivity contribution in [3.05, 3.63) is 102 Å². The molecule has 0 bridgehead atoms. The number of aryl methyl sites for hydroxylation is 3. The summed E-state index contributed by atoms with van der Waals surface area (Å²) >= 11 is 0. The van der Waals surface area contributed by atoms with E-state index in [4.69, 9.17) is 0 Å². The quantitative estimate of drug-likeness (QED) is 0.385. The van der Waals surface area contributed by atoms with Gasteiger partial charge in [-0.15, -0.1) is 19.7 Å². The molecule has 1 atom stereocenters. The Bertz CT molecular complexity index is 893. The van der Waals surface area contributed by atoms with Crippen LogP contribution in [0.15, 0.2) is 79.9 Å². The number of fused-ring (bicyclic) bond motifs is 1. The molecule has 31 heavy (non-hydrogen) atoms. The zero-order valence-corrected chi connectivity index (χ0v) is 21.0. The molecular weight excluding hydrogens is 374 g/mol. The second-order valence-electron chi connectivity index (χ2n) is 8.20. The van der Waals surface area contributed by atoms with E-state index in [1.54, 1.807) is 0 Å². The standard InChI is InChI=1S/C13H18.C12H13N.C3H8.C2H4/c1-11(2)9-12(3)10-13-7-5-4-6-8-13;1-8-5-4-6-11-7-9(2)10(3)13-12(8)11;1-3-2;1-2/h4-8,12H,1,9-10H2,2-3H3;4-7H,1-3H3;3H2,1-2H3;1-2H2. The summed E-state index contributed by atoms with van der Waals surface area (Å²) in [4.78, 5) is 4.57. The average molecular weight is 418 g/mol. The van der Waals surface area contributed by atoms with E-state index in [0.29, 0.717) is 5.92 Å². The lowest BCUT2D eigenvalue weighted by atomic mass is 9.95. The molecule has 0 fully saturated rings. The monoisotopic (exact) mass is 417 g/mol. The number of rotatable bonds is 4. The molecule has 168 valence electrons. The lowest BCUT2D eigenvalue weighted by Crippen LogP contribution is -1.99. The largest absolute Gasteiger partial charge is 0.253 e. The van der Waals surface area contributed by atoms with Gasteiger partial charge in [0.15, 0.2) is 0 Å². The van der Waals surface area contributed by atoms with Gasteiger partial charge in [0.25, 0.3) is 0 Å². The van der Waals surface area contributed by atoms with Crippen LogP contribution in [-0.2, 0) is 6.42 Å². The second kappa shape index (κ2) is 16.1. The molecule has 0 saturated heterocycles. The average Bonchev–Trinajstić information content (AvgIpc) is 2.72. The maximum absolute atomic E-state index is 4.57. The first kappa shape index (κ1) is 28.3. The predicted octanol–water partition coefficient (Wildman–Crippen LogP) is 9.21. The molecule has 1 unspecified atom stereocenters. The van der Waals surface area contributed by atoms with Gasteiger partial charge in [-0.3, -0.25) is 4.98 Å². The van der Waals surface area contributed by atoms with Crippen LogP contribution in [-0.4, -0.2) is 4.98 Å². The van der Waals surface area contributed by atoms with E-state index in [9.17, 15) is 0 Å². The summed E-state index contributed by atoms with van der Waals surface area (Å²) in [5.74, 6) is 0.708. The van der Waals surface area contributed by atoms with Crippen LogP contribution in [0.2, 0.25) is 0 Å².